The summed E-state index contributed by atoms with van der Waals surface area (Å²) in [5, 5.41) is 1.33. The molecule has 0 aliphatic heterocycles. The largest absolute Gasteiger partial charge is 0.368 e. The van der Waals surface area contributed by atoms with Gasteiger partial charge in [0.05, 0.1) is 15.1 Å². The lowest BCUT2D eigenvalue weighted by Crippen LogP contribution is -1.93. The second kappa shape index (κ2) is 4.45. The van der Waals surface area contributed by atoms with Crippen molar-refractivity contribution in [2.24, 2.45) is 0 Å². The average molecular weight is 275 g/mol. The maximum atomic E-state index is 6.05. The van der Waals surface area contributed by atoms with Crippen LogP contribution in [0.2, 0.25) is 15.1 Å². The highest BCUT2D eigenvalue weighted by Crippen LogP contribution is 2.34. The van der Waals surface area contributed by atoms with E-state index in [1.165, 1.54) is 0 Å². The molecule has 0 atom stereocenters. The quantitative estimate of drug-likeness (QED) is 0.807. The van der Waals surface area contributed by atoms with E-state index in [9.17, 15) is 0 Å². The highest BCUT2D eigenvalue weighted by Gasteiger charge is 2.08. The van der Waals surface area contributed by atoms with Crippen molar-refractivity contribution in [3.63, 3.8) is 0 Å². The lowest BCUT2D eigenvalue weighted by molar-refractivity contribution is 1.19. The van der Waals surface area contributed by atoms with Crippen LogP contribution in [0.1, 0.15) is 0 Å². The summed E-state index contributed by atoms with van der Waals surface area (Å²) in [5.41, 5.74) is 6.85. The fourth-order valence-corrected chi connectivity index (χ4v) is 1.88. The Kier molecular flexibility index (Phi) is 3.19. The first-order chi connectivity index (χ1) is 7.58. The molecule has 0 aliphatic carbocycles. The molecule has 0 saturated carbocycles. The molecule has 0 unspecified atom stereocenters. The standard InChI is InChI=1S/C10H6Cl3N3/c11-7-2-9(13)8(12)1-6(7)5-3-15-10(14)16-4-5/h1-4H,(H2,14,15,16). The number of anilines is 1. The zero-order valence-electron chi connectivity index (χ0n) is 7.92. The van der Waals surface area contributed by atoms with Crippen molar-refractivity contribution in [2.75, 3.05) is 5.73 Å². The lowest BCUT2D eigenvalue weighted by Gasteiger charge is -2.05. The summed E-state index contributed by atoms with van der Waals surface area (Å²) in [6.07, 6.45) is 3.15. The summed E-state index contributed by atoms with van der Waals surface area (Å²) >= 11 is 17.8. The molecular weight excluding hydrogens is 268 g/mol. The van der Waals surface area contributed by atoms with Gasteiger partial charge in [-0.25, -0.2) is 9.97 Å². The molecule has 2 N–H and O–H groups in total. The fourth-order valence-electron chi connectivity index (χ4n) is 1.22. The van der Waals surface area contributed by atoms with Crippen LogP contribution in [0.5, 0.6) is 0 Å². The molecule has 1 heterocycles. The van der Waals surface area contributed by atoms with Gasteiger partial charge in [-0.3, -0.25) is 0 Å². The van der Waals surface area contributed by atoms with Crippen molar-refractivity contribution < 1.29 is 0 Å². The van der Waals surface area contributed by atoms with E-state index in [4.69, 9.17) is 40.5 Å². The van der Waals surface area contributed by atoms with Crippen LogP contribution in [0.4, 0.5) is 5.95 Å². The summed E-state index contributed by atoms with van der Waals surface area (Å²) in [6, 6.07) is 3.25. The van der Waals surface area contributed by atoms with Gasteiger partial charge >= 0.3 is 0 Å². The predicted molar refractivity (Wildman–Crippen MR) is 66.9 cm³/mol. The number of hydrogen-bond donors (Lipinski definition) is 1. The fraction of sp³-hybridized carbons (Fsp3) is 0. The minimum absolute atomic E-state index is 0.208. The molecular formula is C10H6Cl3N3. The monoisotopic (exact) mass is 273 g/mol. The van der Waals surface area contributed by atoms with E-state index in [-0.39, 0.29) is 5.95 Å². The van der Waals surface area contributed by atoms with E-state index < -0.39 is 0 Å². The summed E-state index contributed by atoms with van der Waals surface area (Å²) in [5.74, 6) is 0.208. The molecule has 2 aromatic rings. The van der Waals surface area contributed by atoms with Gasteiger partial charge in [-0.2, -0.15) is 0 Å². The third-order valence-electron chi connectivity index (χ3n) is 1.99. The van der Waals surface area contributed by atoms with E-state index in [1.54, 1.807) is 24.5 Å². The second-order valence-electron chi connectivity index (χ2n) is 3.08. The number of nitrogens with two attached hydrogens (primary N) is 1. The van der Waals surface area contributed by atoms with E-state index >= 15 is 0 Å². The Morgan fingerprint density at radius 1 is 0.875 bits per heavy atom. The third-order valence-corrected chi connectivity index (χ3v) is 3.03. The van der Waals surface area contributed by atoms with Crippen LogP contribution in [-0.2, 0) is 0 Å². The van der Waals surface area contributed by atoms with Crippen LogP contribution in [0, 0.1) is 0 Å². The van der Waals surface area contributed by atoms with Crippen LogP contribution >= 0.6 is 34.8 Å². The molecule has 6 heteroatoms. The second-order valence-corrected chi connectivity index (χ2v) is 4.30. The Morgan fingerprint density at radius 2 is 1.44 bits per heavy atom. The summed E-state index contributed by atoms with van der Waals surface area (Å²) < 4.78 is 0. The number of aromatic nitrogens is 2. The lowest BCUT2D eigenvalue weighted by atomic mass is 10.1. The van der Waals surface area contributed by atoms with Crippen LogP contribution in [-0.4, -0.2) is 9.97 Å². The summed E-state index contributed by atoms with van der Waals surface area (Å²) in [6.45, 7) is 0. The predicted octanol–water partition coefficient (Wildman–Crippen LogP) is 3.69. The Hall–Kier alpha value is -1.03. The zero-order valence-corrected chi connectivity index (χ0v) is 10.2. The Bertz CT molecular complexity index is 526. The normalized spacial score (nSPS) is 10.4. The number of nitrogens with zero attached hydrogens (tertiary/aromatic N) is 2. The Balaban J connectivity index is 2.56. The van der Waals surface area contributed by atoms with Gasteiger partial charge < -0.3 is 5.73 Å². The maximum Gasteiger partial charge on any atom is 0.219 e. The molecule has 82 valence electrons. The van der Waals surface area contributed by atoms with Gasteiger partial charge in [-0.05, 0) is 12.1 Å². The molecule has 1 aromatic carbocycles. The van der Waals surface area contributed by atoms with Crippen molar-refractivity contribution in [3.8, 4) is 11.1 Å². The summed E-state index contributed by atoms with van der Waals surface area (Å²) in [4.78, 5) is 7.76. The van der Waals surface area contributed by atoms with Crippen LogP contribution in [0.25, 0.3) is 11.1 Å². The van der Waals surface area contributed by atoms with E-state index in [2.05, 4.69) is 9.97 Å². The van der Waals surface area contributed by atoms with Crippen molar-refractivity contribution in [2.45, 2.75) is 0 Å². The molecule has 0 aliphatic rings. The Morgan fingerprint density at radius 3 is 2.06 bits per heavy atom. The van der Waals surface area contributed by atoms with Crippen molar-refractivity contribution >= 4 is 40.8 Å². The van der Waals surface area contributed by atoms with E-state index in [0.29, 0.717) is 15.1 Å². The van der Waals surface area contributed by atoms with Crippen LogP contribution in [0.3, 0.4) is 0 Å². The number of halogens is 3. The van der Waals surface area contributed by atoms with Crippen molar-refractivity contribution in [1.82, 2.24) is 9.97 Å². The highest BCUT2D eigenvalue weighted by molar-refractivity contribution is 6.44. The molecule has 0 amide bonds. The molecule has 0 saturated heterocycles. The van der Waals surface area contributed by atoms with Gasteiger partial charge in [-0.15, -0.1) is 0 Å². The third kappa shape index (κ3) is 2.21. The van der Waals surface area contributed by atoms with Crippen LogP contribution < -0.4 is 5.73 Å². The first kappa shape index (κ1) is 11.5. The molecule has 0 fully saturated rings. The zero-order chi connectivity index (χ0) is 11.7. The number of nitrogen functional groups attached to an aromatic ring is 1. The van der Waals surface area contributed by atoms with Gasteiger partial charge in [0.2, 0.25) is 5.95 Å². The molecule has 0 bridgehead atoms. The van der Waals surface area contributed by atoms with Gasteiger partial charge in [0.25, 0.3) is 0 Å². The maximum absolute atomic E-state index is 6.05. The van der Waals surface area contributed by atoms with Crippen molar-refractivity contribution in [3.05, 3.63) is 39.6 Å². The SMILES string of the molecule is Nc1ncc(-c2cc(Cl)c(Cl)cc2Cl)cn1. The Labute approximate surface area is 107 Å². The number of benzene rings is 1. The van der Waals surface area contributed by atoms with Gasteiger partial charge in [-0.1, -0.05) is 34.8 Å². The highest BCUT2D eigenvalue weighted by atomic mass is 35.5. The molecule has 0 radical (unpaired) electrons. The minimum Gasteiger partial charge on any atom is -0.368 e. The molecule has 3 nitrogen and oxygen atoms in total. The first-order valence-electron chi connectivity index (χ1n) is 4.30. The number of rotatable bonds is 1. The summed E-state index contributed by atoms with van der Waals surface area (Å²) in [7, 11) is 0. The van der Waals surface area contributed by atoms with E-state index in [1.807, 2.05) is 0 Å². The topological polar surface area (TPSA) is 51.8 Å². The average Bonchev–Trinajstić information content (AvgIpc) is 2.25. The van der Waals surface area contributed by atoms with Gasteiger partial charge in [0.1, 0.15) is 0 Å². The molecule has 1 aromatic heterocycles. The number of hydrogen-bond acceptors (Lipinski definition) is 3. The minimum atomic E-state index is 0.208. The van der Waals surface area contributed by atoms with Crippen LogP contribution in [0.15, 0.2) is 24.5 Å². The van der Waals surface area contributed by atoms with Gasteiger partial charge in [0.15, 0.2) is 0 Å². The smallest absolute Gasteiger partial charge is 0.219 e. The molecule has 0 spiro atoms. The van der Waals surface area contributed by atoms with Gasteiger partial charge in [0, 0.05) is 23.5 Å². The molecule has 16 heavy (non-hydrogen) atoms. The van der Waals surface area contributed by atoms with E-state index in [0.717, 1.165) is 11.1 Å². The van der Waals surface area contributed by atoms with Crippen molar-refractivity contribution in [1.29, 1.82) is 0 Å². The first-order valence-corrected chi connectivity index (χ1v) is 5.44. The molecule has 2 rings (SSSR count).